The van der Waals surface area contributed by atoms with E-state index in [1.54, 1.807) is 6.07 Å². The summed E-state index contributed by atoms with van der Waals surface area (Å²) in [5.74, 6) is 1.09. The van der Waals surface area contributed by atoms with E-state index in [1.165, 1.54) is 16.9 Å². The van der Waals surface area contributed by atoms with Crippen molar-refractivity contribution in [3.63, 3.8) is 0 Å². The van der Waals surface area contributed by atoms with Crippen LogP contribution in [0, 0.1) is 5.92 Å². The minimum atomic E-state index is -0.650. The molecule has 152 valence electrons. The number of benzene rings is 1. The highest BCUT2D eigenvalue weighted by Crippen LogP contribution is 2.33. The molecule has 1 aliphatic heterocycles. The number of hydrogen-bond donors (Lipinski definition) is 3. The van der Waals surface area contributed by atoms with Gasteiger partial charge in [0.05, 0.1) is 17.0 Å². The van der Waals surface area contributed by atoms with E-state index in [4.69, 9.17) is 16.3 Å². The fourth-order valence-electron chi connectivity index (χ4n) is 3.41. The Balaban J connectivity index is 1.59. The number of nitrogens with zero attached hydrogens (tertiary/aromatic N) is 1. The van der Waals surface area contributed by atoms with Crippen LogP contribution in [-0.2, 0) is 4.74 Å². The summed E-state index contributed by atoms with van der Waals surface area (Å²) in [6, 6.07) is 14.0. The molecular weight excluding hydrogens is 394 g/mol. The van der Waals surface area contributed by atoms with E-state index in [2.05, 4.69) is 39.9 Å². The number of aliphatic hydroxyl groups is 1. The second kappa shape index (κ2) is 10.8. The lowest BCUT2D eigenvalue weighted by molar-refractivity contribution is -0.0265. The Labute approximate surface area is 175 Å². The van der Waals surface area contributed by atoms with Gasteiger partial charge in [-0.1, -0.05) is 41.9 Å². The monoisotopic (exact) mass is 421 g/mol. The van der Waals surface area contributed by atoms with Crippen LogP contribution in [0.3, 0.4) is 0 Å². The summed E-state index contributed by atoms with van der Waals surface area (Å²) < 4.78 is 6.75. The van der Waals surface area contributed by atoms with E-state index in [9.17, 15) is 5.11 Å². The number of ether oxygens (including phenoxy) is 1. The van der Waals surface area contributed by atoms with Crippen molar-refractivity contribution in [3.8, 4) is 0 Å². The smallest absolute Gasteiger partial charge is 0.191 e. The zero-order valence-electron chi connectivity index (χ0n) is 16.1. The van der Waals surface area contributed by atoms with E-state index >= 15 is 0 Å². The average Bonchev–Trinajstić information content (AvgIpc) is 3.17. The minimum Gasteiger partial charge on any atom is -0.386 e. The normalized spacial score (nSPS) is 21.3. The number of halogens is 1. The largest absolute Gasteiger partial charge is 0.386 e. The van der Waals surface area contributed by atoms with Gasteiger partial charge in [0.25, 0.3) is 0 Å². The van der Waals surface area contributed by atoms with Crippen LogP contribution in [0.5, 0.6) is 0 Å². The fourth-order valence-corrected chi connectivity index (χ4v) is 4.45. The van der Waals surface area contributed by atoms with Crippen LogP contribution in [0.1, 0.15) is 42.4 Å². The van der Waals surface area contributed by atoms with Crippen molar-refractivity contribution < 1.29 is 9.84 Å². The predicted octanol–water partition coefficient (Wildman–Crippen LogP) is 4.16. The molecule has 3 N–H and O–H groups in total. The summed E-state index contributed by atoms with van der Waals surface area (Å²) in [7, 11) is 0. The minimum absolute atomic E-state index is 0.101. The maximum Gasteiger partial charge on any atom is 0.191 e. The van der Waals surface area contributed by atoms with Gasteiger partial charge in [-0.2, -0.15) is 0 Å². The topological polar surface area (TPSA) is 65.9 Å². The molecule has 28 heavy (non-hydrogen) atoms. The zero-order valence-corrected chi connectivity index (χ0v) is 17.7. The van der Waals surface area contributed by atoms with Crippen molar-refractivity contribution in [1.82, 2.24) is 10.6 Å². The fraction of sp³-hybridized carbons (Fsp3) is 0.476. The predicted molar refractivity (Wildman–Crippen MR) is 116 cm³/mol. The van der Waals surface area contributed by atoms with Gasteiger partial charge in [0, 0.05) is 30.5 Å². The molecule has 0 saturated carbocycles. The SMILES string of the molecule is CCNC(=NCC(O)c1ccc(Cl)s1)NCC1CCCOC1c1ccccc1. The second-order valence-corrected chi connectivity index (χ2v) is 8.61. The lowest BCUT2D eigenvalue weighted by atomic mass is 9.89. The number of guanidine groups is 1. The Bertz CT molecular complexity index is 753. The molecule has 1 aliphatic rings. The molecule has 1 fully saturated rings. The van der Waals surface area contributed by atoms with Crippen molar-refractivity contribution >= 4 is 28.9 Å². The van der Waals surface area contributed by atoms with Gasteiger partial charge in [-0.05, 0) is 37.5 Å². The highest BCUT2D eigenvalue weighted by Gasteiger charge is 2.27. The standard InChI is InChI=1S/C21H28ClN3O2S/c1-2-23-21(25-14-17(26)18-10-11-19(22)28-18)24-13-16-9-6-12-27-20(16)15-7-4-3-5-8-15/h3-5,7-8,10-11,16-17,20,26H,2,6,9,12-14H2,1H3,(H2,23,24,25). The molecular formula is C21H28ClN3O2S. The summed E-state index contributed by atoms with van der Waals surface area (Å²) in [6.45, 7) is 4.65. The molecule has 1 aromatic carbocycles. The molecule has 0 aliphatic carbocycles. The molecule has 5 nitrogen and oxygen atoms in total. The molecule has 1 aromatic heterocycles. The van der Waals surface area contributed by atoms with Gasteiger partial charge in [0.1, 0.15) is 6.10 Å². The Morgan fingerprint density at radius 3 is 2.82 bits per heavy atom. The van der Waals surface area contributed by atoms with Gasteiger partial charge in [0.2, 0.25) is 0 Å². The summed E-state index contributed by atoms with van der Waals surface area (Å²) in [6.07, 6.45) is 1.64. The van der Waals surface area contributed by atoms with Gasteiger partial charge >= 0.3 is 0 Å². The van der Waals surface area contributed by atoms with Gasteiger partial charge in [-0.25, -0.2) is 0 Å². The van der Waals surface area contributed by atoms with Crippen molar-refractivity contribution in [2.45, 2.75) is 32.0 Å². The van der Waals surface area contributed by atoms with Crippen LogP contribution in [0.25, 0.3) is 0 Å². The zero-order chi connectivity index (χ0) is 19.8. The molecule has 0 spiro atoms. The van der Waals surface area contributed by atoms with E-state index in [0.717, 1.165) is 37.4 Å². The first-order chi connectivity index (χ1) is 13.7. The molecule has 0 amide bonds. The maximum atomic E-state index is 10.3. The lowest BCUT2D eigenvalue weighted by Gasteiger charge is -2.32. The van der Waals surface area contributed by atoms with Crippen LogP contribution >= 0.6 is 22.9 Å². The van der Waals surface area contributed by atoms with Gasteiger partial charge in [0.15, 0.2) is 5.96 Å². The Morgan fingerprint density at radius 1 is 1.29 bits per heavy atom. The summed E-state index contributed by atoms with van der Waals surface area (Å²) >= 11 is 7.34. The number of nitrogens with one attached hydrogen (secondary N) is 2. The first-order valence-electron chi connectivity index (χ1n) is 9.79. The van der Waals surface area contributed by atoms with Crippen LogP contribution in [0.4, 0.5) is 0 Å². The third-order valence-corrected chi connectivity index (χ3v) is 6.13. The van der Waals surface area contributed by atoms with Gasteiger partial charge in [-0.3, -0.25) is 4.99 Å². The molecule has 1 saturated heterocycles. The number of aliphatic hydroxyl groups excluding tert-OH is 1. The molecule has 3 unspecified atom stereocenters. The van der Waals surface area contributed by atoms with Crippen molar-refractivity contribution in [2.75, 3.05) is 26.2 Å². The Morgan fingerprint density at radius 2 is 2.11 bits per heavy atom. The molecule has 2 heterocycles. The third kappa shape index (κ3) is 5.95. The van der Waals surface area contributed by atoms with Crippen molar-refractivity contribution in [2.24, 2.45) is 10.9 Å². The third-order valence-electron chi connectivity index (χ3n) is 4.79. The van der Waals surface area contributed by atoms with Crippen LogP contribution < -0.4 is 10.6 Å². The highest BCUT2D eigenvalue weighted by atomic mass is 35.5. The number of aliphatic imine (C=N–C) groups is 1. The summed E-state index contributed by atoms with van der Waals surface area (Å²) in [4.78, 5) is 5.38. The van der Waals surface area contributed by atoms with Crippen molar-refractivity contribution in [3.05, 3.63) is 57.2 Å². The molecule has 3 rings (SSSR count). The van der Waals surface area contributed by atoms with Gasteiger partial charge < -0.3 is 20.5 Å². The molecule has 2 aromatic rings. The Kier molecular flexibility index (Phi) is 8.15. The van der Waals surface area contributed by atoms with Crippen molar-refractivity contribution in [1.29, 1.82) is 0 Å². The Hall–Kier alpha value is -1.60. The molecule has 0 radical (unpaired) electrons. The van der Waals surface area contributed by atoms with Crippen LogP contribution in [0.2, 0.25) is 4.34 Å². The maximum absolute atomic E-state index is 10.3. The summed E-state index contributed by atoms with van der Waals surface area (Å²) in [5.41, 5.74) is 1.22. The first-order valence-corrected chi connectivity index (χ1v) is 11.0. The lowest BCUT2D eigenvalue weighted by Crippen LogP contribution is -2.42. The van der Waals surface area contributed by atoms with Crippen LogP contribution in [0.15, 0.2) is 47.5 Å². The number of rotatable bonds is 7. The molecule has 0 bridgehead atoms. The second-order valence-electron chi connectivity index (χ2n) is 6.86. The quantitative estimate of drug-likeness (QED) is 0.464. The van der Waals surface area contributed by atoms with E-state index in [0.29, 0.717) is 16.2 Å². The van der Waals surface area contributed by atoms with Crippen LogP contribution in [-0.4, -0.2) is 37.3 Å². The summed E-state index contributed by atoms with van der Waals surface area (Å²) in [5, 5.41) is 17.0. The number of thiophene rings is 1. The van der Waals surface area contributed by atoms with E-state index < -0.39 is 6.10 Å². The number of hydrogen-bond acceptors (Lipinski definition) is 4. The molecule has 3 atom stereocenters. The molecule has 7 heteroatoms. The average molecular weight is 422 g/mol. The van der Waals surface area contributed by atoms with E-state index in [1.807, 2.05) is 19.1 Å². The first kappa shape index (κ1) is 21.1. The van der Waals surface area contributed by atoms with E-state index in [-0.39, 0.29) is 12.6 Å². The highest BCUT2D eigenvalue weighted by molar-refractivity contribution is 7.16. The van der Waals surface area contributed by atoms with Gasteiger partial charge in [-0.15, -0.1) is 11.3 Å².